The molecule has 3 aliphatic rings. The van der Waals surface area contributed by atoms with Gasteiger partial charge in [0.25, 0.3) is 11.8 Å². The van der Waals surface area contributed by atoms with Crippen LogP contribution in [0, 0.1) is 17.5 Å². The van der Waals surface area contributed by atoms with E-state index in [4.69, 9.17) is 4.84 Å². The number of hydrogen-bond donors (Lipinski definition) is 2. The van der Waals surface area contributed by atoms with Crippen molar-refractivity contribution in [3.05, 3.63) is 62.8 Å². The van der Waals surface area contributed by atoms with Crippen LogP contribution in [0.4, 0.5) is 13.2 Å². The molecule has 190 valence electrons. The van der Waals surface area contributed by atoms with Gasteiger partial charge >= 0.3 is 0 Å². The number of rotatable bonds is 3. The fourth-order valence-corrected chi connectivity index (χ4v) is 6.05. The highest BCUT2D eigenvalue weighted by atomic mass is 32.2. The van der Waals surface area contributed by atoms with Crippen LogP contribution in [0.2, 0.25) is 0 Å². The van der Waals surface area contributed by atoms with E-state index >= 15 is 0 Å². The van der Waals surface area contributed by atoms with Crippen LogP contribution in [0.25, 0.3) is 0 Å². The Hall–Kier alpha value is -3.48. The van der Waals surface area contributed by atoms with Crippen molar-refractivity contribution in [2.45, 2.75) is 50.3 Å². The molecule has 9 nitrogen and oxygen atoms in total. The van der Waals surface area contributed by atoms with Gasteiger partial charge in [0, 0.05) is 49.4 Å². The van der Waals surface area contributed by atoms with E-state index < -0.39 is 69.1 Å². The molecular formula is C23H21F3N4O5S. The van der Waals surface area contributed by atoms with Gasteiger partial charge in [-0.2, -0.15) is 0 Å². The number of benzene rings is 1. The molecule has 0 unspecified atom stereocenters. The third-order valence-corrected chi connectivity index (χ3v) is 8.02. The zero-order chi connectivity index (χ0) is 25.9. The van der Waals surface area contributed by atoms with Crippen molar-refractivity contribution >= 4 is 28.6 Å². The molecule has 13 heteroatoms. The quantitative estimate of drug-likeness (QED) is 0.641. The van der Waals surface area contributed by atoms with Gasteiger partial charge in [-0.25, -0.2) is 13.2 Å². The Balaban J connectivity index is 1.55. The Morgan fingerprint density at radius 1 is 1.31 bits per heavy atom. The maximum atomic E-state index is 14.0. The van der Waals surface area contributed by atoms with Gasteiger partial charge in [0.2, 0.25) is 10.4 Å². The highest BCUT2D eigenvalue weighted by Crippen LogP contribution is 2.51. The summed E-state index contributed by atoms with van der Waals surface area (Å²) in [5.74, 6) is -6.03. The first-order chi connectivity index (χ1) is 17.0. The van der Waals surface area contributed by atoms with Crippen LogP contribution >= 0.6 is 11.8 Å². The summed E-state index contributed by atoms with van der Waals surface area (Å²) in [6.45, 7) is 3.15. The molecule has 4 heterocycles. The molecule has 1 aromatic heterocycles. The van der Waals surface area contributed by atoms with Gasteiger partial charge < -0.3 is 24.7 Å². The average Bonchev–Trinajstić information content (AvgIpc) is 3.14. The third kappa shape index (κ3) is 3.72. The number of hydrogen-bond acceptors (Lipinski definition) is 7. The van der Waals surface area contributed by atoms with Crippen molar-refractivity contribution in [3.8, 4) is 5.75 Å². The summed E-state index contributed by atoms with van der Waals surface area (Å²) < 4.78 is 42.5. The number of fused-ring (bicyclic) bond motifs is 5. The van der Waals surface area contributed by atoms with E-state index in [2.05, 4.69) is 10.5 Å². The molecule has 1 aromatic carbocycles. The van der Waals surface area contributed by atoms with Gasteiger partial charge in [-0.1, -0.05) is 16.9 Å². The molecule has 3 atom stereocenters. The van der Waals surface area contributed by atoms with E-state index in [0.29, 0.717) is 30.0 Å². The fourth-order valence-electron chi connectivity index (χ4n) is 4.85. The first-order valence-corrected chi connectivity index (χ1v) is 12.0. The topological polar surface area (TPSA) is 113 Å². The summed E-state index contributed by atoms with van der Waals surface area (Å²) in [4.78, 5) is 45.5. The Morgan fingerprint density at radius 3 is 2.64 bits per heavy atom. The minimum absolute atomic E-state index is 0.193. The van der Waals surface area contributed by atoms with Gasteiger partial charge in [-0.15, -0.1) is 0 Å². The smallest absolute Gasteiger partial charge is 0.274 e. The monoisotopic (exact) mass is 522 g/mol. The summed E-state index contributed by atoms with van der Waals surface area (Å²) in [6.07, 6.45) is 2.24. The number of nitrogens with one attached hydrogen (secondary N) is 1. The maximum absolute atomic E-state index is 14.0. The van der Waals surface area contributed by atoms with Crippen molar-refractivity contribution in [1.29, 1.82) is 0 Å². The predicted octanol–water partition coefficient (Wildman–Crippen LogP) is 2.87. The fraction of sp³-hybridized carbons (Fsp3) is 0.391. The van der Waals surface area contributed by atoms with Crippen LogP contribution in [0.1, 0.15) is 59.1 Å². The molecule has 2 bridgehead atoms. The number of thioether (sulfide) groups is 1. The van der Waals surface area contributed by atoms with Crippen LogP contribution in [0.15, 0.2) is 28.3 Å². The summed E-state index contributed by atoms with van der Waals surface area (Å²) in [6, 6.07) is 0.136. The third-order valence-electron chi connectivity index (χ3n) is 6.75. The molecule has 0 saturated carbocycles. The van der Waals surface area contributed by atoms with E-state index in [0.717, 1.165) is 6.20 Å². The number of aromatic nitrogens is 1. The molecule has 1 saturated heterocycles. The average molecular weight is 523 g/mol. The molecule has 0 aliphatic carbocycles. The predicted molar refractivity (Wildman–Crippen MR) is 123 cm³/mol. The molecule has 1 fully saturated rings. The summed E-state index contributed by atoms with van der Waals surface area (Å²) in [7, 11) is 0. The summed E-state index contributed by atoms with van der Waals surface area (Å²) in [5.41, 5.74) is -2.52. The molecule has 5 rings (SSSR count). The van der Waals surface area contributed by atoms with Crippen LogP contribution < -0.4 is 10.7 Å². The molecular weight excluding hydrogens is 501 g/mol. The first-order valence-electron chi connectivity index (χ1n) is 11.1. The normalized spacial score (nSPS) is 24.8. The van der Waals surface area contributed by atoms with E-state index in [9.17, 15) is 32.7 Å². The lowest BCUT2D eigenvalue weighted by molar-refractivity contribution is -0.0118. The van der Waals surface area contributed by atoms with Crippen LogP contribution in [-0.2, 0) is 11.4 Å². The number of nitrogens with zero attached hydrogens (tertiary/aromatic N) is 3. The second-order valence-corrected chi connectivity index (χ2v) is 10.5. The first kappa shape index (κ1) is 24.2. The van der Waals surface area contributed by atoms with Crippen molar-refractivity contribution in [2.24, 2.45) is 5.16 Å². The minimum atomic E-state index is -1.20. The second kappa shape index (κ2) is 8.57. The standard InChI is InChI=1S/C23H21F3N4O5S/c1-10-3-4-23(35-28-11(2)36-23)17-9-29(10)22(34)18-20(32)19(31)14(8-30(17)18)21(33)27-7-13-15(25)5-12(24)6-16(13)26/h5-6,8,10,17,32H,3-4,7,9H2,1-2H3,(H,27,33)/t10-,17+,23-/m0/s1. The maximum Gasteiger partial charge on any atom is 0.274 e. The molecule has 36 heavy (non-hydrogen) atoms. The lowest BCUT2D eigenvalue weighted by atomic mass is 10.0. The van der Waals surface area contributed by atoms with E-state index in [1.165, 1.54) is 16.3 Å². The van der Waals surface area contributed by atoms with Crippen molar-refractivity contribution in [3.63, 3.8) is 0 Å². The van der Waals surface area contributed by atoms with Gasteiger partial charge in [0.05, 0.1) is 0 Å². The minimum Gasteiger partial charge on any atom is -0.503 e. The van der Waals surface area contributed by atoms with E-state index in [-0.39, 0.29) is 18.3 Å². The van der Waals surface area contributed by atoms with Crippen LogP contribution in [-0.4, -0.2) is 49.0 Å². The highest BCUT2D eigenvalue weighted by molar-refractivity contribution is 8.15. The molecule has 2 N–H and O–H groups in total. The number of carbonyl (C=O) groups excluding carboxylic acids is 2. The largest absolute Gasteiger partial charge is 0.503 e. The van der Waals surface area contributed by atoms with Gasteiger partial charge in [0.1, 0.15) is 34.1 Å². The van der Waals surface area contributed by atoms with E-state index in [1.807, 2.05) is 6.92 Å². The highest BCUT2D eigenvalue weighted by Gasteiger charge is 2.54. The van der Waals surface area contributed by atoms with Crippen molar-refractivity contribution in [2.75, 3.05) is 6.54 Å². The second-order valence-electron chi connectivity index (χ2n) is 8.98. The Labute approximate surface area is 206 Å². The van der Waals surface area contributed by atoms with E-state index in [1.54, 1.807) is 11.8 Å². The number of amides is 2. The van der Waals surface area contributed by atoms with Crippen molar-refractivity contribution < 1.29 is 32.7 Å². The molecule has 1 spiro atoms. The van der Waals surface area contributed by atoms with Crippen molar-refractivity contribution in [1.82, 2.24) is 14.8 Å². The van der Waals surface area contributed by atoms with Crippen LogP contribution in [0.5, 0.6) is 5.75 Å². The van der Waals surface area contributed by atoms with Gasteiger partial charge in [0.15, 0.2) is 11.4 Å². The summed E-state index contributed by atoms with van der Waals surface area (Å²) in [5, 5.41) is 17.7. The number of oxime groups is 1. The molecule has 0 radical (unpaired) electrons. The number of carbonyl (C=O) groups is 2. The number of aromatic hydroxyl groups is 1. The number of pyridine rings is 1. The van der Waals surface area contributed by atoms with Crippen LogP contribution in [0.3, 0.4) is 0 Å². The summed E-state index contributed by atoms with van der Waals surface area (Å²) >= 11 is 1.37. The SMILES string of the molecule is CC1=NO[C@@]2(CC[C@H](C)N3C[C@H]2n2cc(C(=O)NCc4c(F)cc(F)cc4F)c(=O)c(O)c2C3=O)S1. The van der Waals surface area contributed by atoms with Gasteiger partial charge in [-0.05, 0) is 20.3 Å². The lowest BCUT2D eigenvalue weighted by Crippen LogP contribution is -2.51. The Morgan fingerprint density at radius 2 is 2.00 bits per heavy atom. The Kier molecular flexibility index (Phi) is 5.77. The molecule has 2 amide bonds. The lowest BCUT2D eigenvalue weighted by Gasteiger charge is -2.41. The van der Waals surface area contributed by atoms with Gasteiger partial charge in [-0.3, -0.25) is 14.4 Å². The molecule has 3 aliphatic heterocycles. The number of halogens is 3. The zero-order valence-corrected chi connectivity index (χ0v) is 20.0. The Bertz CT molecular complexity index is 1370. The zero-order valence-electron chi connectivity index (χ0n) is 19.2. The molecule has 2 aromatic rings.